The molecule has 0 radical (unpaired) electrons. The monoisotopic (exact) mass is 464 g/mol. The molecule has 3 rings (SSSR count). The number of hydrogen-bond donors (Lipinski definition) is 3. The van der Waals surface area contributed by atoms with E-state index in [2.05, 4.69) is 0 Å². The number of carboxylic acids is 1. The second kappa shape index (κ2) is 10.4. The van der Waals surface area contributed by atoms with Crippen LogP contribution in [0.4, 0.5) is 5.00 Å². The first-order chi connectivity index (χ1) is 15.3. The molecule has 3 N–H and O–H groups in total. The van der Waals surface area contributed by atoms with Gasteiger partial charge >= 0.3 is 11.9 Å². The third kappa shape index (κ3) is 4.79. The van der Waals surface area contributed by atoms with Gasteiger partial charge in [0, 0.05) is 12.2 Å². The molecule has 1 aromatic carbocycles. The van der Waals surface area contributed by atoms with E-state index in [0.29, 0.717) is 27.6 Å². The number of aliphatic hydroxyl groups is 2. The van der Waals surface area contributed by atoms with E-state index in [-0.39, 0.29) is 13.2 Å². The Morgan fingerprint density at radius 1 is 1.16 bits per heavy atom. The zero-order valence-electron chi connectivity index (χ0n) is 18.2. The van der Waals surface area contributed by atoms with Crippen LogP contribution in [0.25, 0.3) is 0 Å². The van der Waals surface area contributed by atoms with Gasteiger partial charge in [-0.2, -0.15) is 0 Å². The molecule has 0 saturated carbocycles. The molecule has 1 aliphatic rings. The molecular formula is C22H28N2O7S. The lowest BCUT2D eigenvalue weighted by molar-refractivity contribution is -0.155. The summed E-state index contributed by atoms with van der Waals surface area (Å²) in [5.74, 6) is -1.73. The Morgan fingerprint density at radius 3 is 2.44 bits per heavy atom. The number of esters is 1. The standard InChI is InChI=1S/C22H28N2O7S/c1-4-30-15(14-9-7-6-8-10-14)11-24-20-17(13(3)18(32-20)21(28)31-5-2)19(27)23(22(24)29)12-16(25)26/h6-10,15,19,22,27,29H,4-5,11-12H2,1-3H3,(H,25,26). The van der Waals surface area contributed by atoms with Gasteiger partial charge in [0.15, 0.2) is 6.35 Å². The van der Waals surface area contributed by atoms with Crippen LogP contribution < -0.4 is 4.90 Å². The molecule has 2 heterocycles. The number of fused-ring (bicyclic) bond motifs is 1. The van der Waals surface area contributed by atoms with Crippen molar-refractivity contribution in [3.8, 4) is 0 Å². The van der Waals surface area contributed by atoms with Gasteiger partial charge in [-0.3, -0.25) is 4.79 Å². The summed E-state index contributed by atoms with van der Waals surface area (Å²) in [5, 5.41) is 31.8. The van der Waals surface area contributed by atoms with Crippen LogP contribution in [0, 0.1) is 6.92 Å². The minimum Gasteiger partial charge on any atom is -0.480 e. The van der Waals surface area contributed by atoms with Crippen molar-refractivity contribution in [1.82, 2.24) is 4.90 Å². The highest BCUT2D eigenvalue weighted by Crippen LogP contribution is 2.46. The number of aliphatic carboxylic acids is 1. The number of thiophene rings is 1. The van der Waals surface area contributed by atoms with Gasteiger partial charge in [-0.1, -0.05) is 30.3 Å². The van der Waals surface area contributed by atoms with Crippen molar-refractivity contribution in [2.24, 2.45) is 0 Å². The molecule has 0 amide bonds. The molecule has 174 valence electrons. The number of benzene rings is 1. The average Bonchev–Trinajstić information content (AvgIpc) is 3.11. The Kier molecular flexibility index (Phi) is 7.86. The molecule has 0 bridgehead atoms. The summed E-state index contributed by atoms with van der Waals surface area (Å²) in [6, 6.07) is 9.47. The molecule has 32 heavy (non-hydrogen) atoms. The first kappa shape index (κ1) is 24.1. The van der Waals surface area contributed by atoms with E-state index >= 15 is 0 Å². The molecule has 3 unspecified atom stereocenters. The van der Waals surface area contributed by atoms with Crippen LogP contribution in [-0.2, 0) is 14.3 Å². The van der Waals surface area contributed by atoms with Crippen LogP contribution in [0.1, 0.15) is 52.5 Å². The number of aliphatic hydroxyl groups excluding tert-OH is 2. The Bertz CT molecular complexity index is 949. The van der Waals surface area contributed by atoms with Crippen LogP contribution in [0.5, 0.6) is 0 Å². The predicted molar refractivity (Wildman–Crippen MR) is 118 cm³/mol. The van der Waals surface area contributed by atoms with Crippen LogP contribution in [0.2, 0.25) is 0 Å². The van der Waals surface area contributed by atoms with E-state index in [4.69, 9.17) is 9.47 Å². The SMILES string of the molecule is CCOC(=O)c1sc2c(c1C)C(O)N(CC(=O)O)C(O)N2CC(OCC)c1ccccc1. The van der Waals surface area contributed by atoms with Crippen LogP contribution in [0.15, 0.2) is 30.3 Å². The highest BCUT2D eigenvalue weighted by molar-refractivity contribution is 7.18. The molecule has 1 aliphatic heterocycles. The van der Waals surface area contributed by atoms with Crippen molar-refractivity contribution in [1.29, 1.82) is 0 Å². The van der Waals surface area contributed by atoms with E-state index in [1.165, 1.54) is 0 Å². The average molecular weight is 465 g/mol. The number of nitrogens with zero attached hydrogens (tertiary/aromatic N) is 2. The van der Waals surface area contributed by atoms with Crippen molar-refractivity contribution in [2.45, 2.75) is 39.5 Å². The zero-order chi connectivity index (χ0) is 23.4. The van der Waals surface area contributed by atoms with Gasteiger partial charge in [0.05, 0.1) is 13.2 Å². The fourth-order valence-corrected chi connectivity index (χ4v) is 5.05. The summed E-state index contributed by atoms with van der Waals surface area (Å²) in [7, 11) is 0. The van der Waals surface area contributed by atoms with Crippen molar-refractivity contribution >= 4 is 28.3 Å². The predicted octanol–water partition coefficient (Wildman–Crippen LogP) is 2.48. The maximum Gasteiger partial charge on any atom is 0.348 e. The number of carbonyl (C=O) groups excluding carboxylic acids is 1. The van der Waals surface area contributed by atoms with E-state index in [9.17, 15) is 24.9 Å². The Morgan fingerprint density at radius 2 is 1.84 bits per heavy atom. The molecule has 3 atom stereocenters. The summed E-state index contributed by atoms with van der Waals surface area (Å²) in [5.41, 5.74) is 1.77. The fourth-order valence-electron chi connectivity index (χ4n) is 3.80. The summed E-state index contributed by atoms with van der Waals surface area (Å²) in [6.07, 6.45) is -3.26. The molecule has 0 aliphatic carbocycles. The van der Waals surface area contributed by atoms with Gasteiger partial charge in [0.1, 0.15) is 28.8 Å². The molecule has 1 aromatic heterocycles. The first-order valence-corrected chi connectivity index (χ1v) is 11.2. The summed E-state index contributed by atoms with van der Waals surface area (Å²) < 4.78 is 11.1. The smallest absolute Gasteiger partial charge is 0.348 e. The lowest BCUT2D eigenvalue weighted by Gasteiger charge is -2.44. The van der Waals surface area contributed by atoms with Gasteiger partial charge in [-0.25, -0.2) is 9.69 Å². The normalized spacial score (nSPS) is 19.5. The Balaban J connectivity index is 2.07. The molecule has 2 aromatic rings. The van der Waals surface area contributed by atoms with Gasteiger partial charge in [0.2, 0.25) is 0 Å². The van der Waals surface area contributed by atoms with E-state index < -0.39 is 37.2 Å². The second-order valence-electron chi connectivity index (χ2n) is 7.29. The van der Waals surface area contributed by atoms with Crippen LogP contribution in [-0.4, -0.2) is 64.8 Å². The van der Waals surface area contributed by atoms with Crippen molar-refractivity contribution in [3.63, 3.8) is 0 Å². The highest BCUT2D eigenvalue weighted by atomic mass is 32.1. The number of carbonyl (C=O) groups is 2. The fraction of sp³-hybridized carbons (Fsp3) is 0.455. The summed E-state index contributed by atoms with van der Waals surface area (Å²) >= 11 is 1.10. The number of anilines is 1. The minimum atomic E-state index is -1.44. The maximum atomic E-state index is 12.5. The highest BCUT2D eigenvalue weighted by Gasteiger charge is 2.43. The number of ether oxygens (including phenoxy) is 2. The van der Waals surface area contributed by atoms with Gasteiger partial charge in [0.25, 0.3) is 0 Å². The molecule has 9 nitrogen and oxygen atoms in total. The van der Waals surface area contributed by atoms with Crippen molar-refractivity contribution in [2.75, 3.05) is 31.2 Å². The maximum absolute atomic E-state index is 12.5. The largest absolute Gasteiger partial charge is 0.480 e. The second-order valence-corrected chi connectivity index (χ2v) is 8.29. The number of hydrogen-bond acceptors (Lipinski definition) is 9. The third-order valence-corrected chi connectivity index (χ3v) is 6.59. The van der Waals surface area contributed by atoms with E-state index in [0.717, 1.165) is 21.8 Å². The number of rotatable bonds is 9. The third-order valence-electron chi connectivity index (χ3n) is 5.26. The van der Waals surface area contributed by atoms with Gasteiger partial charge in [-0.05, 0) is 31.9 Å². The van der Waals surface area contributed by atoms with Crippen molar-refractivity contribution < 1.29 is 34.4 Å². The summed E-state index contributed by atoms with van der Waals surface area (Å²) in [4.78, 5) is 26.8. The summed E-state index contributed by atoms with van der Waals surface area (Å²) in [6.45, 7) is 5.45. The Hall–Kier alpha value is -2.50. The quantitative estimate of drug-likeness (QED) is 0.481. The first-order valence-electron chi connectivity index (χ1n) is 10.4. The van der Waals surface area contributed by atoms with Gasteiger partial charge in [-0.15, -0.1) is 11.3 Å². The molecule has 0 spiro atoms. The van der Waals surface area contributed by atoms with E-state index in [1.807, 2.05) is 37.3 Å². The Labute approximate surface area is 190 Å². The molecule has 10 heteroatoms. The molecule has 0 saturated heterocycles. The zero-order valence-corrected chi connectivity index (χ0v) is 19.0. The number of carboxylic acid groups (broad SMARTS) is 1. The minimum absolute atomic E-state index is 0.178. The van der Waals surface area contributed by atoms with Crippen LogP contribution in [0.3, 0.4) is 0 Å². The van der Waals surface area contributed by atoms with Gasteiger partial charge < -0.3 is 29.7 Å². The molecule has 0 fully saturated rings. The molecular weight excluding hydrogens is 436 g/mol. The lowest BCUT2D eigenvalue weighted by atomic mass is 10.0. The lowest BCUT2D eigenvalue weighted by Crippen LogP contribution is -2.56. The van der Waals surface area contributed by atoms with E-state index in [1.54, 1.807) is 18.7 Å². The van der Waals surface area contributed by atoms with Crippen LogP contribution >= 0.6 is 11.3 Å². The topological polar surface area (TPSA) is 120 Å². The van der Waals surface area contributed by atoms with Crippen molar-refractivity contribution in [3.05, 3.63) is 51.9 Å².